The van der Waals surface area contributed by atoms with Crippen LogP contribution in [0.5, 0.6) is 0 Å². The zero-order valence-electron chi connectivity index (χ0n) is 12.5. The number of benzene rings is 1. The lowest BCUT2D eigenvalue weighted by Crippen LogP contribution is -2.37. The second-order valence-electron chi connectivity index (χ2n) is 5.22. The van der Waals surface area contributed by atoms with Gasteiger partial charge < -0.3 is 9.63 Å². The fourth-order valence-electron chi connectivity index (χ4n) is 2.28. The summed E-state index contributed by atoms with van der Waals surface area (Å²) < 4.78 is 5.31. The molecular formula is C16H20N2O3. The Balaban J connectivity index is 2.09. The number of hydrogen-bond donors (Lipinski definition) is 1. The second-order valence-corrected chi connectivity index (χ2v) is 5.22. The Hall–Kier alpha value is -2.14. The average molecular weight is 288 g/mol. The molecular weight excluding hydrogens is 268 g/mol. The van der Waals surface area contributed by atoms with Gasteiger partial charge in [0.25, 0.3) is 0 Å². The van der Waals surface area contributed by atoms with Crippen molar-refractivity contribution in [3.05, 3.63) is 41.7 Å². The van der Waals surface area contributed by atoms with Crippen LogP contribution in [0.25, 0.3) is 11.3 Å². The second kappa shape index (κ2) is 6.54. The van der Waals surface area contributed by atoms with Crippen LogP contribution in [0.2, 0.25) is 0 Å². The summed E-state index contributed by atoms with van der Waals surface area (Å²) in [6.07, 6.45) is 0.546. The molecule has 1 atom stereocenters. The fourth-order valence-corrected chi connectivity index (χ4v) is 2.28. The molecule has 0 aliphatic carbocycles. The predicted octanol–water partition coefficient (Wildman–Crippen LogP) is 2.95. The molecule has 21 heavy (non-hydrogen) atoms. The van der Waals surface area contributed by atoms with Crippen molar-refractivity contribution in [3.8, 4) is 11.3 Å². The van der Waals surface area contributed by atoms with Crippen molar-refractivity contribution < 1.29 is 14.4 Å². The molecule has 0 saturated carbocycles. The van der Waals surface area contributed by atoms with Crippen LogP contribution in [0.3, 0.4) is 0 Å². The molecule has 0 saturated heterocycles. The van der Waals surface area contributed by atoms with Gasteiger partial charge in [0.15, 0.2) is 5.76 Å². The van der Waals surface area contributed by atoms with Crippen molar-refractivity contribution in [1.29, 1.82) is 0 Å². The van der Waals surface area contributed by atoms with Crippen LogP contribution in [0.15, 0.2) is 34.9 Å². The number of rotatable bonds is 6. The molecule has 0 aliphatic heterocycles. The summed E-state index contributed by atoms with van der Waals surface area (Å²) in [6, 6.07) is 9.37. The van der Waals surface area contributed by atoms with Gasteiger partial charge in [-0.3, -0.25) is 9.69 Å². The van der Waals surface area contributed by atoms with Gasteiger partial charge in [-0.2, -0.15) is 0 Å². The van der Waals surface area contributed by atoms with Gasteiger partial charge >= 0.3 is 5.97 Å². The highest BCUT2D eigenvalue weighted by atomic mass is 16.5. The van der Waals surface area contributed by atoms with Crippen LogP contribution >= 0.6 is 0 Å². The highest BCUT2D eigenvalue weighted by molar-refractivity contribution is 5.73. The number of aliphatic carboxylic acids is 1. The van der Waals surface area contributed by atoms with E-state index in [4.69, 9.17) is 9.63 Å². The van der Waals surface area contributed by atoms with Crippen LogP contribution in [0.4, 0.5) is 0 Å². The minimum atomic E-state index is -0.821. The molecule has 2 aromatic rings. The lowest BCUT2D eigenvalue weighted by atomic mass is 10.1. The van der Waals surface area contributed by atoms with E-state index in [1.165, 1.54) is 5.56 Å². The number of aryl methyl sites for hydroxylation is 1. The smallest absolute Gasteiger partial charge is 0.320 e. The van der Waals surface area contributed by atoms with Crippen molar-refractivity contribution in [2.24, 2.45) is 0 Å². The maximum absolute atomic E-state index is 11.1. The number of carbonyl (C=O) groups is 1. The van der Waals surface area contributed by atoms with Gasteiger partial charge in [-0.1, -0.05) is 41.9 Å². The first-order chi connectivity index (χ1) is 10.0. The Kier molecular flexibility index (Phi) is 4.75. The monoisotopic (exact) mass is 288 g/mol. The molecule has 0 radical (unpaired) electrons. The van der Waals surface area contributed by atoms with Crippen molar-refractivity contribution in [2.75, 3.05) is 7.05 Å². The van der Waals surface area contributed by atoms with E-state index in [1.54, 1.807) is 11.9 Å². The van der Waals surface area contributed by atoms with E-state index in [2.05, 4.69) is 5.16 Å². The van der Waals surface area contributed by atoms with Crippen molar-refractivity contribution in [1.82, 2.24) is 10.1 Å². The van der Waals surface area contributed by atoms with Gasteiger partial charge in [-0.15, -0.1) is 0 Å². The number of hydrogen-bond acceptors (Lipinski definition) is 4. The number of carboxylic acids is 1. The van der Waals surface area contributed by atoms with Gasteiger partial charge in [0.05, 0.1) is 6.54 Å². The molecule has 0 spiro atoms. The van der Waals surface area contributed by atoms with E-state index in [0.29, 0.717) is 18.7 Å². The molecule has 5 nitrogen and oxygen atoms in total. The summed E-state index contributed by atoms with van der Waals surface area (Å²) >= 11 is 0. The largest absolute Gasteiger partial charge is 0.480 e. The molecule has 0 fully saturated rings. The van der Waals surface area contributed by atoms with E-state index in [9.17, 15) is 4.79 Å². The average Bonchev–Trinajstić information content (AvgIpc) is 2.88. The van der Waals surface area contributed by atoms with Crippen LogP contribution in [0.1, 0.15) is 24.7 Å². The highest BCUT2D eigenvalue weighted by Gasteiger charge is 2.21. The fraction of sp³-hybridized carbons (Fsp3) is 0.375. The van der Waals surface area contributed by atoms with Gasteiger partial charge in [0.2, 0.25) is 0 Å². The molecule has 1 aromatic heterocycles. The SMILES string of the molecule is CCC(C(=O)O)N(C)Cc1cc(-c2ccc(C)cc2)no1. The van der Waals surface area contributed by atoms with Gasteiger partial charge in [0.1, 0.15) is 11.7 Å². The Labute approximate surface area is 124 Å². The third-order valence-corrected chi connectivity index (χ3v) is 3.52. The van der Waals surface area contributed by atoms with E-state index >= 15 is 0 Å². The summed E-state index contributed by atoms with van der Waals surface area (Å²) in [5.74, 6) is -0.161. The summed E-state index contributed by atoms with van der Waals surface area (Å²) in [7, 11) is 1.77. The first kappa shape index (κ1) is 15.3. The molecule has 2 rings (SSSR count). The number of nitrogens with zero attached hydrogens (tertiary/aromatic N) is 2. The predicted molar refractivity (Wildman–Crippen MR) is 79.9 cm³/mol. The first-order valence-electron chi connectivity index (χ1n) is 6.97. The number of likely N-dealkylation sites (N-methyl/N-ethyl adjacent to an activating group) is 1. The summed E-state index contributed by atoms with van der Waals surface area (Å²) in [4.78, 5) is 12.9. The molecule has 1 N–H and O–H groups in total. The minimum absolute atomic E-state index is 0.420. The first-order valence-corrected chi connectivity index (χ1v) is 6.97. The molecule has 1 unspecified atom stereocenters. The number of aromatic nitrogens is 1. The molecule has 0 aliphatic rings. The van der Waals surface area contributed by atoms with Crippen molar-refractivity contribution >= 4 is 5.97 Å². The third-order valence-electron chi connectivity index (χ3n) is 3.52. The molecule has 1 heterocycles. The highest BCUT2D eigenvalue weighted by Crippen LogP contribution is 2.20. The van der Waals surface area contributed by atoms with Crippen molar-refractivity contribution in [3.63, 3.8) is 0 Å². The summed E-state index contributed by atoms with van der Waals surface area (Å²) in [5, 5.41) is 13.2. The standard InChI is InChI=1S/C16H20N2O3/c1-4-15(16(19)20)18(3)10-13-9-14(17-21-13)12-7-5-11(2)6-8-12/h5-9,15H,4,10H2,1-3H3,(H,19,20). The number of carboxylic acid groups (broad SMARTS) is 1. The Morgan fingerprint density at radius 1 is 1.38 bits per heavy atom. The van der Waals surface area contributed by atoms with E-state index in [0.717, 1.165) is 11.3 Å². The van der Waals surface area contributed by atoms with Crippen LogP contribution < -0.4 is 0 Å². The van der Waals surface area contributed by atoms with E-state index in [1.807, 2.05) is 44.2 Å². The topological polar surface area (TPSA) is 66.6 Å². The lowest BCUT2D eigenvalue weighted by molar-refractivity contribution is -0.143. The quantitative estimate of drug-likeness (QED) is 0.885. The molecule has 1 aromatic carbocycles. The minimum Gasteiger partial charge on any atom is -0.480 e. The normalized spacial score (nSPS) is 12.6. The Bertz CT molecular complexity index is 604. The Morgan fingerprint density at radius 2 is 2.05 bits per heavy atom. The maximum Gasteiger partial charge on any atom is 0.320 e. The zero-order chi connectivity index (χ0) is 15.4. The van der Waals surface area contributed by atoms with Gasteiger partial charge in [-0.25, -0.2) is 0 Å². The van der Waals surface area contributed by atoms with E-state index in [-0.39, 0.29) is 0 Å². The van der Waals surface area contributed by atoms with Crippen LogP contribution in [-0.4, -0.2) is 34.2 Å². The zero-order valence-corrected chi connectivity index (χ0v) is 12.5. The Morgan fingerprint density at radius 3 is 2.62 bits per heavy atom. The third kappa shape index (κ3) is 3.70. The van der Waals surface area contributed by atoms with Crippen molar-refractivity contribution in [2.45, 2.75) is 32.9 Å². The van der Waals surface area contributed by atoms with Gasteiger partial charge in [0, 0.05) is 11.6 Å². The lowest BCUT2D eigenvalue weighted by Gasteiger charge is -2.21. The molecule has 0 bridgehead atoms. The maximum atomic E-state index is 11.1. The molecule has 0 amide bonds. The van der Waals surface area contributed by atoms with Gasteiger partial charge in [-0.05, 0) is 20.4 Å². The summed E-state index contributed by atoms with van der Waals surface area (Å²) in [6.45, 7) is 4.31. The summed E-state index contributed by atoms with van der Waals surface area (Å²) in [5.41, 5.74) is 2.94. The van der Waals surface area contributed by atoms with Crippen LogP contribution in [-0.2, 0) is 11.3 Å². The molecule has 5 heteroatoms. The van der Waals surface area contributed by atoms with E-state index < -0.39 is 12.0 Å². The molecule has 112 valence electrons. The van der Waals surface area contributed by atoms with Crippen LogP contribution in [0, 0.1) is 6.92 Å².